The Hall–Kier alpha value is -3.67. The van der Waals surface area contributed by atoms with Crippen LogP contribution in [0.2, 0.25) is 0 Å². The van der Waals surface area contributed by atoms with Gasteiger partial charge in [0.05, 0.1) is 11.8 Å². The molecular weight excluding hydrogens is 391 g/mol. The van der Waals surface area contributed by atoms with Crippen LogP contribution >= 0.6 is 0 Å². The standard InChI is InChI=1S/C25H25FN4O/c1-17-15-25(2,3)29(4)23-14-22(26)19(13-21(17)23)16-27-28-24(31)18-8-7-9-20(12-18)30-10-5-6-11-30/h5-16H,1-4H3,(H,28,31)/b27-16+. The van der Waals surface area contributed by atoms with Gasteiger partial charge in [-0.3, -0.25) is 4.79 Å². The molecule has 3 aromatic rings. The van der Waals surface area contributed by atoms with Crippen LogP contribution in [0, 0.1) is 5.82 Å². The lowest BCUT2D eigenvalue weighted by Crippen LogP contribution is -2.42. The van der Waals surface area contributed by atoms with Crippen LogP contribution < -0.4 is 10.3 Å². The summed E-state index contributed by atoms with van der Waals surface area (Å²) in [5.41, 5.74) is 6.83. The van der Waals surface area contributed by atoms with Crippen molar-refractivity contribution in [2.45, 2.75) is 26.3 Å². The molecule has 0 saturated carbocycles. The van der Waals surface area contributed by atoms with E-state index in [1.54, 1.807) is 18.2 Å². The third kappa shape index (κ3) is 4.01. The number of anilines is 1. The van der Waals surface area contributed by atoms with E-state index in [0.717, 1.165) is 22.5 Å². The van der Waals surface area contributed by atoms with E-state index >= 15 is 0 Å². The maximum absolute atomic E-state index is 14.7. The molecule has 1 aromatic heterocycles. The molecule has 1 amide bonds. The molecule has 0 unspecified atom stereocenters. The summed E-state index contributed by atoms with van der Waals surface area (Å²) in [5.74, 6) is -0.745. The number of carbonyl (C=O) groups is 1. The number of nitrogens with one attached hydrogen (secondary N) is 1. The van der Waals surface area contributed by atoms with Crippen LogP contribution in [0.3, 0.4) is 0 Å². The van der Waals surface area contributed by atoms with Crippen molar-refractivity contribution in [1.82, 2.24) is 9.99 Å². The monoisotopic (exact) mass is 416 g/mol. The van der Waals surface area contributed by atoms with Gasteiger partial charge < -0.3 is 9.47 Å². The molecule has 158 valence electrons. The molecule has 1 aliphatic heterocycles. The molecule has 0 spiro atoms. The summed E-state index contributed by atoms with van der Waals surface area (Å²) in [6.07, 6.45) is 7.32. The van der Waals surface area contributed by atoms with Gasteiger partial charge in [0.15, 0.2) is 0 Å². The number of halogens is 1. The summed E-state index contributed by atoms with van der Waals surface area (Å²) >= 11 is 0. The maximum Gasteiger partial charge on any atom is 0.271 e. The quantitative estimate of drug-likeness (QED) is 0.480. The average molecular weight is 417 g/mol. The van der Waals surface area contributed by atoms with E-state index in [4.69, 9.17) is 0 Å². The number of aromatic nitrogens is 1. The van der Waals surface area contributed by atoms with Gasteiger partial charge in [0.25, 0.3) is 5.91 Å². The summed E-state index contributed by atoms with van der Waals surface area (Å²) in [7, 11) is 1.96. The fourth-order valence-corrected chi connectivity index (χ4v) is 3.83. The van der Waals surface area contributed by atoms with Gasteiger partial charge in [-0.15, -0.1) is 0 Å². The minimum Gasteiger partial charge on any atom is -0.365 e. The Morgan fingerprint density at radius 2 is 1.87 bits per heavy atom. The van der Waals surface area contributed by atoms with Crippen molar-refractivity contribution in [3.05, 3.63) is 89.5 Å². The summed E-state index contributed by atoms with van der Waals surface area (Å²) in [5, 5.41) is 3.99. The molecule has 0 bridgehead atoms. The molecule has 1 aliphatic rings. The zero-order valence-corrected chi connectivity index (χ0v) is 18.1. The van der Waals surface area contributed by atoms with Crippen LogP contribution in [0.25, 0.3) is 11.3 Å². The molecule has 0 saturated heterocycles. The van der Waals surface area contributed by atoms with Crippen LogP contribution in [-0.4, -0.2) is 29.3 Å². The highest BCUT2D eigenvalue weighted by atomic mass is 19.1. The zero-order valence-electron chi connectivity index (χ0n) is 18.1. The van der Waals surface area contributed by atoms with E-state index in [1.807, 2.05) is 55.2 Å². The van der Waals surface area contributed by atoms with Crippen molar-refractivity contribution in [2.24, 2.45) is 5.10 Å². The molecule has 0 radical (unpaired) electrons. The first kappa shape index (κ1) is 20.6. The smallest absolute Gasteiger partial charge is 0.271 e. The van der Waals surface area contributed by atoms with Gasteiger partial charge >= 0.3 is 0 Å². The molecule has 6 heteroatoms. The normalized spacial score (nSPS) is 15.0. The van der Waals surface area contributed by atoms with E-state index in [1.165, 1.54) is 12.3 Å². The summed E-state index contributed by atoms with van der Waals surface area (Å²) in [6.45, 7) is 6.20. The number of fused-ring (bicyclic) bond motifs is 1. The number of likely N-dealkylation sites (N-methyl/N-ethyl adjacent to an activating group) is 1. The van der Waals surface area contributed by atoms with Crippen molar-refractivity contribution < 1.29 is 9.18 Å². The number of carbonyl (C=O) groups excluding carboxylic acids is 1. The summed E-state index contributed by atoms with van der Waals surface area (Å²) < 4.78 is 16.6. The second kappa shape index (κ2) is 7.87. The minimum absolute atomic E-state index is 0.192. The molecule has 4 rings (SSSR count). The number of allylic oxidation sites excluding steroid dienone is 1. The number of hydrazone groups is 1. The average Bonchev–Trinajstić information content (AvgIpc) is 3.28. The third-order valence-electron chi connectivity index (χ3n) is 5.72. The Morgan fingerprint density at radius 3 is 2.61 bits per heavy atom. The lowest BCUT2D eigenvalue weighted by molar-refractivity contribution is 0.0955. The Bertz CT molecular complexity index is 1190. The van der Waals surface area contributed by atoms with Crippen molar-refractivity contribution in [3.63, 3.8) is 0 Å². The Balaban J connectivity index is 1.53. The van der Waals surface area contributed by atoms with E-state index in [9.17, 15) is 9.18 Å². The fraction of sp³-hybridized carbons (Fsp3) is 0.200. The predicted molar refractivity (Wildman–Crippen MR) is 123 cm³/mol. The van der Waals surface area contributed by atoms with Crippen LogP contribution in [-0.2, 0) is 0 Å². The molecule has 1 N–H and O–H groups in total. The molecule has 0 atom stereocenters. The Labute approximate surface area is 181 Å². The van der Waals surface area contributed by atoms with Gasteiger partial charge in [0.2, 0.25) is 0 Å². The molecule has 0 aliphatic carbocycles. The van der Waals surface area contributed by atoms with Crippen molar-refractivity contribution in [2.75, 3.05) is 11.9 Å². The maximum atomic E-state index is 14.7. The van der Waals surface area contributed by atoms with E-state index < -0.39 is 0 Å². The number of amides is 1. The molecule has 2 heterocycles. The highest BCUT2D eigenvalue weighted by Crippen LogP contribution is 2.38. The van der Waals surface area contributed by atoms with Gasteiger partial charge in [-0.05, 0) is 68.8 Å². The zero-order chi connectivity index (χ0) is 22.2. The van der Waals surface area contributed by atoms with Crippen molar-refractivity contribution in [3.8, 4) is 5.69 Å². The fourth-order valence-electron chi connectivity index (χ4n) is 3.83. The highest BCUT2D eigenvalue weighted by molar-refractivity contribution is 5.95. The van der Waals surface area contributed by atoms with E-state index in [2.05, 4.69) is 35.4 Å². The topological polar surface area (TPSA) is 49.6 Å². The van der Waals surface area contributed by atoms with Crippen molar-refractivity contribution >= 4 is 23.4 Å². The number of benzene rings is 2. The molecule has 0 fully saturated rings. The highest BCUT2D eigenvalue weighted by Gasteiger charge is 2.29. The van der Waals surface area contributed by atoms with Gasteiger partial charge in [-0.1, -0.05) is 12.1 Å². The number of nitrogens with zero attached hydrogens (tertiary/aromatic N) is 3. The van der Waals surface area contributed by atoms with Crippen LogP contribution in [0.4, 0.5) is 10.1 Å². The first-order valence-corrected chi connectivity index (χ1v) is 10.1. The molecule has 31 heavy (non-hydrogen) atoms. The number of hydrogen-bond acceptors (Lipinski definition) is 3. The number of rotatable bonds is 4. The second-order valence-corrected chi connectivity index (χ2v) is 8.27. The van der Waals surface area contributed by atoms with Crippen LogP contribution in [0.5, 0.6) is 0 Å². The van der Waals surface area contributed by atoms with E-state index in [0.29, 0.717) is 11.1 Å². The van der Waals surface area contributed by atoms with Crippen LogP contribution in [0.15, 0.2) is 72.1 Å². The van der Waals surface area contributed by atoms with E-state index in [-0.39, 0.29) is 17.3 Å². The minimum atomic E-state index is -0.385. The third-order valence-corrected chi connectivity index (χ3v) is 5.72. The molecule has 5 nitrogen and oxygen atoms in total. The van der Waals surface area contributed by atoms with Crippen molar-refractivity contribution in [1.29, 1.82) is 0 Å². The Kier molecular flexibility index (Phi) is 5.23. The first-order valence-electron chi connectivity index (χ1n) is 10.1. The van der Waals surface area contributed by atoms with Gasteiger partial charge in [-0.25, -0.2) is 9.82 Å². The number of hydrogen-bond donors (Lipinski definition) is 1. The summed E-state index contributed by atoms with van der Waals surface area (Å²) in [4.78, 5) is 14.6. The second-order valence-electron chi connectivity index (χ2n) is 8.27. The Morgan fingerprint density at radius 1 is 1.13 bits per heavy atom. The van der Waals surface area contributed by atoms with Crippen LogP contribution in [0.1, 0.15) is 42.3 Å². The largest absolute Gasteiger partial charge is 0.365 e. The predicted octanol–water partition coefficient (Wildman–Crippen LogP) is 5.01. The SMILES string of the molecule is CC1=CC(C)(C)N(C)c2cc(F)c(/C=N/NC(=O)c3cccc(-n4cccc4)c3)cc21. The molecule has 2 aromatic carbocycles. The van der Waals surface area contributed by atoms with Gasteiger partial charge in [0.1, 0.15) is 5.82 Å². The first-order chi connectivity index (χ1) is 14.8. The molecular formula is C25H25FN4O. The van der Waals surface area contributed by atoms with Gasteiger partial charge in [-0.2, -0.15) is 5.10 Å². The summed E-state index contributed by atoms with van der Waals surface area (Å²) in [6, 6.07) is 14.3. The lowest BCUT2D eigenvalue weighted by atomic mass is 9.88. The lowest BCUT2D eigenvalue weighted by Gasteiger charge is -2.40. The van der Waals surface area contributed by atoms with Gasteiger partial charge in [0, 0.05) is 47.5 Å².